The van der Waals surface area contributed by atoms with Crippen molar-refractivity contribution in [1.29, 1.82) is 0 Å². The van der Waals surface area contributed by atoms with Crippen LogP contribution in [0.4, 0.5) is 0 Å². The topological polar surface area (TPSA) is 86.6 Å². The molecule has 0 aromatic carbocycles. The van der Waals surface area contributed by atoms with E-state index in [-0.39, 0.29) is 17.1 Å². The van der Waals surface area contributed by atoms with Gasteiger partial charge in [0.05, 0.1) is 11.9 Å². The number of rotatable bonds is 0. The zero-order valence-electron chi connectivity index (χ0n) is 8.68. The van der Waals surface area contributed by atoms with Crippen LogP contribution in [0.25, 0.3) is 0 Å². The van der Waals surface area contributed by atoms with Crippen LogP contribution in [0.5, 0.6) is 0 Å². The summed E-state index contributed by atoms with van der Waals surface area (Å²) in [6, 6.07) is 0. The molecule has 17 heavy (non-hydrogen) atoms. The smallest absolute Gasteiger partial charge is 0.0557 e. The maximum absolute atomic E-state index is 10.1. The minimum Gasteiger partial charge on any atom is -0.629 e. The third-order valence-electron chi connectivity index (χ3n) is 1.82. The van der Waals surface area contributed by atoms with Crippen LogP contribution < -0.4 is 10.2 Å². The fourth-order valence-electron chi connectivity index (χ4n) is 1.03. The Morgan fingerprint density at radius 3 is 1.06 bits per heavy atom. The van der Waals surface area contributed by atoms with E-state index in [1.807, 2.05) is 0 Å². The van der Waals surface area contributed by atoms with Gasteiger partial charge >= 0.3 is 0 Å². The molecular weight excluding hydrogens is 264 g/mol. The van der Waals surface area contributed by atoms with Gasteiger partial charge < -0.3 is 20.4 Å². The van der Waals surface area contributed by atoms with Crippen molar-refractivity contribution in [3.05, 3.63) is 71.6 Å². The van der Waals surface area contributed by atoms with E-state index in [1.54, 1.807) is 48.6 Å². The summed E-state index contributed by atoms with van der Waals surface area (Å²) < 4.78 is 0. The van der Waals surface area contributed by atoms with Gasteiger partial charge in [-0.05, 0) is 11.1 Å². The molecule has 0 amide bonds. The maximum Gasteiger partial charge on any atom is 0.0557 e. The normalized spacial score (nSPS) is 14.4. The zero-order valence-corrected chi connectivity index (χ0v) is 9.79. The van der Waals surface area contributed by atoms with Gasteiger partial charge in [0.2, 0.25) is 0 Å². The Balaban J connectivity index is 0.000000284. The monoisotopic (exact) mass is 274 g/mol. The van der Waals surface area contributed by atoms with Gasteiger partial charge in [-0.1, -0.05) is 48.6 Å². The van der Waals surface area contributed by atoms with E-state index in [2.05, 4.69) is 0 Å². The van der Waals surface area contributed by atoms with Gasteiger partial charge in [-0.15, -0.1) is 0 Å². The summed E-state index contributed by atoms with van der Waals surface area (Å²) in [5.74, 6) is -1.73. The number of aliphatic hydroxyl groups excluding tert-OH is 2. The second-order valence-corrected chi connectivity index (χ2v) is 2.96. The molecule has 0 aliphatic heterocycles. The number of hydrogen-bond acceptors (Lipinski definition) is 4. The molecule has 5 heteroatoms. The molecule has 0 aromatic rings. The molecule has 0 fully saturated rings. The van der Waals surface area contributed by atoms with Gasteiger partial charge in [-0.2, -0.15) is 0 Å². The molecule has 0 unspecified atom stereocenters. The predicted octanol–water partition coefficient (Wildman–Crippen LogP) is 0.482. The van der Waals surface area contributed by atoms with Crippen molar-refractivity contribution in [3.8, 4) is 0 Å². The van der Waals surface area contributed by atoms with Crippen molar-refractivity contribution in [1.82, 2.24) is 0 Å². The van der Waals surface area contributed by atoms with Crippen molar-refractivity contribution in [2.75, 3.05) is 0 Å². The Kier molecular flexibility index (Phi) is 6.63. The standard InChI is InChI=1S/2C6H6O2.Fe/c2*7-6(8)5-3-1-2-4-5;/h2*1-4,7-8H;/p-2. The first kappa shape index (κ1) is 15.2. The Bertz CT molecular complexity index is 361. The van der Waals surface area contributed by atoms with Crippen molar-refractivity contribution in [2.24, 2.45) is 0 Å². The van der Waals surface area contributed by atoms with E-state index in [0.717, 1.165) is 0 Å². The van der Waals surface area contributed by atoms with E-state index in [4.69, 9.17) is 10.2 Å². The Hall–Kier alpha value is -1.84. The number of allylic oxidation sites excluding steroid dienone is 10. The molecule has 2 rings (SSSR count). The number of aliphatic hydroxyl groups is 2. The molecule has 4 nitrogen and oxygen atoms in total. The molecule has 0 aromatic heterocycles. The molecule has 0 bridgehead atoms. The van der Waals surface area contributed by atoms with Crippen LogP contribution in [0.2, 0.25) is 0 Å². The second kappa shape index (κ2) is 7.44. The molecule has 0 radical (unpaired) electrons. The predicted molar refractivity (Wildman–Crippen MR) is 55.9 cm³/mol. The second-order valence-electron chi connectivity index (χ2n) is 2.96. The molecule has 2 aliphatic carbocycles. The van der Waals surface area contributed by atoms with Gasteiger partial charge in [0, 0.05) is 17.1 Å². The Labute approximate surface area is 109 Å². The van der Waals surface area contributed by atoms with Crippen molar-refractivity contribution < 1.29 is 37.5 Å². The third-order valence-corrected chi connectivity index (χ3v) is 1.82. The fourth-order valence-corrected chi connectivity index (χ4v) is 1.03. The van der Waals surface area contributed by atoms with E-state index < -0.39 is 11.9 Å². The van der Waals surface area contributed by atoms with Crippen LogP contribution in [-0.2, 0) is 17.1 Å². The summed E-state index contributed by atoms with van der Waals surface area (Å²) >= 11 is 0. The average molecular weight is 274 g/mol. The molecule has 92 valence electrons. The van der Waals surface area contributed by atoms with Gasteiger partial charge in [-0.3, -0.25) is 0 Å². The van der Waals surface area contributed by atoms with Crippen molar-refractivity contribution in [3.63, 3.8) is 0 Å². The summed E-state index contributed by atoms with van der Waals surface area (Å²) in [6.07, 6.45) is 13.0. The minimum atomic E-state index is -0.866. The molecule has 0 spiro atoms. The molecule has 2 N–H and O–H groups in total. The summed E-state index contributed by atoms with van der Waals surface area (Å²) in [6.45, 7) is 0. The third kappa shape index (κ3) is 5.15. The first-order valence-corrected chi connectivity index (χ1v) is 4.51. The van der Waals surface area contributed by atoms with Crippen LogP contribution in [0.15, 0.2) is 71.6 Å². The summed E-state index contributed by atoms with van der Waals surface area (Å²) in [7, 11) is 0. The number of hydrogen-bond donors (Lipinski definition) is 2. The molecule has 0 atom stereocenters. The van der Waals surface area contributed by atoms with E-state index in [0.29, 0.717) is 11.1 Å². The maximum atomic E-state index is 10.1. The van der Waals surface area contributed by atoms with Crippen molar-refractivity contribution in [2.45, 2.75) is 0 Å². The summed E-state index contributed by atoms with van der Waals surface area (Å²) in [5, 5.41) is 36.7. The van der Waals surface area contributed by atoms with E-state index in [1.165, 1.54) is 0 Å². The molecule has 0 saturated carbocycles. The Morgan fingerprint density at radius 1 is 0.706 bits per heavy atom. The quantitative estimate of drug-likeness (QED) is 0.497. The Morgan fingerprint density at radius 2 is 0.941 bits per heavy atom. The molecule has 2 aliphatic rings. The molecule has 0 saturated heterocycles. The largest absolute Gasteiger partial charge is 0.629 e. The molecule has 0 heterocycles. The van der Waals surface area contributed by atoms with E-state index >= 15 is 0 Å². The van der Waals surface area contributed by atoms with Crippen LogP contribution in [0.1, 0.15) is 0 Å². The first-order chi connectivity index (χ1) is 7.61. The molecular formula is C12H10FeO4-2. The van der Waals surface area contributed by atoms with Crippen LogP contribution >= 0.6 is 0 Å². The summed E-state index contributed by atoms with van der Waals surface area (Å²) in [5.41, 5.74) is 0.704. The SMILES string of the molecule is [Fe].[O-]C(O)=C1C=CC=C1.[O-]C(O)=C1C=CC=C1. The van der Waals surface area contributed by atoms with Gasteiger partial charge in [-0.25, -0.2) is 0 Å². The van der Waals surface area contributed by atoms with Gasteiger partial charge in [0.1, 0.15) is 0 Å². The average Bonchev–Trinajstić information content (AvgIpc) is 2.93. The van der Waals surface area contributed by atoms with E-state index in [9.17, 15) is 10.2 Å². The van der Waals surface area contributed by atoms with Gasteiger partial charge in [0.25, 0.3) is 0 Å². The van der Waals surface area contributed by atoms with Crippen LogP contribution in [0, 0.1) is 0 Å². The fraction of sp³-hybridized carbons (Fsp3) is 0. The van der Waals surface area contributed by atoms with Crippen LogP contribution in [0.3, 0.4) is 0 Å². The van der Waals surface area contributed by atoms with Crippen molar-refractivity contribution >= 4 is 0 Å². The zero-order chi connectivity index (χ0) is 12.0. The summed E-state index contributed by atoms with van der Waals surface area (Å²) in [4.78, 5) is 0. The van der Waals surface area contributed by atoms with Gasteiger partial charge in [0.15, 0.2) is 0 Å². The minimum absolute atomic E-state index is 0. The van der Waals surface area contributed by atoms with Crippen LogP contribution in [-0.4, -0.2) is 10.2 Å². The first-order valence-electron chi connectivity index (χ1n) is 4.51.